The SMILES string of the molecule is O=C(CCc1n[nH]c2c1CCCC2)N1CCc2[nH]c3ccccc3c2C1. The molecule has 0 radical (unpaired) electrons. The van der Waals surface area contributed by atoms with Gasteiger partial charge < -0.3 is 9.88 Å². The van der Waals surface area contributed by atoms with Gasteiger partial charge in [-0.15, -0.1) is 0 Å². The van der Waals surface area contributed by atoms with Gasteiger partial charge in [0.1, 0.15) is 0 Å². The van der Waals surface area contributed by atoms with Crippen molar-refractivity contribution >= 4 is 16.8 Å². The van der Waals surface area contributed by atoms with Gasteiger partial charge in [-0.2, -0.15) is 5.10 Å². The number of hydrogen-bond donors (Lipinski definition) is 2. The monoisotopic (exact) mass is 348 g/mol. The van der Waals surface area contributed by atoms with Gasteiger partial charge in [0.25, 0.3) is 0 Å². The third-order valence-corrected chi connectivity index (χ3v) is 5.95. The number of rotatable bonds is 3. The van der Waals surface area contributed by atoms with E-state index in [4.69, 9.17) is 0 Å². The molecule has 5 heteroatoms. The van der Waals surface area contributed by atoms with Crippen molar-refractivity contribution in [3.8, 4) is 0 Å². The van der Waals surface area contributed by atoms with Crippen LogP contribution in [0.5, 0.6) is 0 Å². The molecular weight excluding hydrogens is 324 g/mol. The lowest BCUT2D eigenvalue weighted by molar-refractivity contribution is -0.132. The Hall–Kier alpha value is -2.56. The summed E-state index contributed by atoms with van der Waals surface area (Å²) in [5.74, 6) is 0.244. The summed E-state index contributed by atoms with van der Waals surface area (Å²) in [6.45, 7) is 1.52. The number of hydrogen-bond acceptors (Lipinski definition) is 2. The van der Waals surface area contributed by atoms with Gasteiger partial charge in [-0.1, -0.05) is 18.2 Å². The molecule has 1 aromatic carbocycles. The topological polar surface area (TPSA) is 64.8 Å². The fourth-order valence-corrected chi connectivity index (χ4v) is 4.52. The van der Waals surface area contributed by atoms with Crippen molar-refractivity contribution in [3.63, 3.8) is 0 Å². The Bertz CT molecular complexity index is 968. The minimum Gasteiger partial charge on any atom is -0.358 e. The van der Waals surface area contributed by atoms with Gasteiger partial charge in [0.15, 0.2) is 0 Å². The van der Waals surface area contributed by atoms with Crippen LogP contribution in [0.3, 0.4) is 0 Å². The number of H-pyrrole nitrogens is 2. The maximum absolute atomic E-state index is 12.8. The molecule has 3 heterocycles. The Morgan fingerprint density at radius 2 is 1.96 bits per heavy atom. The molecule has 0 saturated carbocycles. The number of aromatic nitrogens is 3. The molecule has 26 heavy (non-hydrogen) atoms. The minimum absolute atomic E-state index is 0.244. The molecule has 0 atom stereocenters. The maximum atomic E-state index is 12.8. The molecule has 1 aliphatic heterocycles. The van der Waals surface area contributed by atoms with Crippen molar-refractivity contribution in [2.45, 2.75) is 51.5 Å². The van der Waals surface area contributed by atoms with Gasteiger partial charge in [0.2, 0.25) is 5.91 Å². The van der Waals surface area contributed by atoms with Crippen molar-refractivity contribution in [2.24, 2.45) is 0 Å². The van der Waals surface area contributed by atoms with Crippen LogP contribution < -0.4 is 0 Å². The minimum atomic E-state index is 0.244. The summed E-state index contributed by atoms with van der Waals surface area (Å²) in [6, 6.07) is 8.38. The molecule has 0 bridgehead atoms. The third kappa shape index (κ3) is 2.62. The van der Waals surface area contributed by atoms with Crippen molar-refractivity contribution in [1.29, 1.82) is 0 Å². The van der Waals surface area contributed by atoms with Crippen LogP contribution in [0.2, 0.25) is 0 Å². The van der Waals surface area contributed by atoms with Gasteiger partial charge in [-0.05, 0) is 37.3 Å². The normalized spacial score (nSPS) is 16.5. The summed E-state index contributed by atoms with van der Waals surface area (Å²) in [4.78, 5) is 18.3. The number of carbonyl (C=O) groups excluding carboxylic acids is 1. The molecule has 0 spiro atoms. The van der Waals surface area contributed by atoms with E-state index in [1.165, 1.54) is 46.3 Å². The molecule has 5 rings (SSSR count). The fraction of sp³-hybridized carbons (Fsp3) is 0.429. The summed E-state index contributed by atoms with van der Waals surface area (Å²) >= 11 is 0. The third-order valence-electron chi connectivity index (χ3n) is 5.95. The van der Waals surface area contributed by atoms with Crippen LogP contribution >= 0.6 is 0 Å². The quantitative estimate of drug-likeness (QED) is 0.763. The Morgan fingerprint density at radius 1 is 1.08 bits per heavy atom. The zero-order valence-electron chi connectivity index (χ0n) is 15.0. The molecule has 134 valence electrons. The first-order valence-corrected chi connectivity index (χ1v) is 9.71. The molecule has 5 nitrogen and oxygen atoms in total. The fourth-order valence-electron chi connectivity index (χ4n) is 4.52. The number of fused-ring (bicyclic) bond motifs is 4. The Kier molecular flexibility index (Phi) is 3.80. The highest BCUT2D eigenvalue weighted by molar-refractivity contribution is 5.86. The number of para-hydroxylation sites is 1. The molecule has 2 N–H and O–H groups in total. The van der Waals surface area contributed by atoms with Gasteiger partial charge in [-0.3, -0.25) is 9.89 Å². The smallest absolute Gasteiger partial charge is 0.223 e. The number of nitrogens with one attached hydrogen (secondary N) is 2. The molecule has 1 aliphatic carbocycles. The van der Waals surface area contributed by atoms with E-state index in [1.807, 2.05) is 4.90 Å². The van der Waals surface area contributed by atoms with E-state index in [-0.39, 0.29) is 5.91 Å². The molecule has 2 aliphatic rings. The van der Waals surface area contributed by atoms with Gasteiger partial charge >= 0.3 is 0 Å². The van der Waals surface area contributed by atoms with E-state index in [0.29, 0.717) is 6.42 Å². The zero-order valence-corrected chi connectivity index (χ0v) is 15.0. The second-order valence-corrected chi connectivity index (χ2v) is 7.53. The van der Waals surface area contributed by atoms with Crippen molar-refractivity contribution in [3.05, 3.63) is 52.5 Å². The zero-order chi connectivity index (χ0) is 17.5. The second-order valence-electron chi connectivity index (χ2n) is 7.53. The lowest BCUT2D eigenvalue weighted by Crippen LogP contribution is -2.36. The number of benzene rings is 1. The summed E-state index contributed by atoms with van der Waals surface area (Å²) < 4.78 is 0. The number of nitrogens with zero attached hydrogens (tertiary/aromatic N) is 2. The molecule has 0 unspecified atom stereocenters. The average molecular weight is 348 g/mol. The number of carbonyl (C=O) groups is 1. The maximum Gasteiger partial charge on any atom is 0.223 e. The van der Waals surface area contributed by atoms with Crippen molar-refractivity contribution in [1.82, 2.24) is 20.1 Å². The van der Waals surface area contributed by atoms with Crippen LogP contribution in [0, 0.1) is 0 Å². The van der Waals surface area contributed by atoms with E-state index in [9.17, 15) is 4.79 Å². The van der Waals surface area contributed by atoms with E-state index >= 15 is 0 Å². The number of aromatic amines is 2. The molecule has 1 amide bonds. The van der Waals surface area contributed by atoms with E-state index in [2.05, 4.69) is 39.4 Å². The molecule has 0 fully saturated rings. The first-order valence-electron chi connectivity index (χ1n) is 9.71. The predicted molar refractivity (Wildman–Crippen MR) is 101 cm³/mol. The number of aryl methyl sites for hydroxylation is 2. The van der Waals surface area contributed by atoms with Crippen LogP contribution in [0.15, 0.2) is 24.3 Å². The van der Waals surface area contributed by atoms with Gasteiger partial charge in [0, 0.05) is 60.2 Å². The van der Waals surface area contributed by atoms with Crippen LogP contribution in [-0.4, -0.2) is 32.5 Å². The van der Waals surface area contributed by atoms with Crippen LogP contribution in [-0.2, 0) is 37.0 Å². The molecular formula is C21H24N4O. The molecule has 2 aromatic heterocycles. The largest absolute Gasteiger partial charge is 0.358 e. The van der Waals surface area contributed by atoms with E-state index in [0.717, 1.165) is 44.5 Å². The van der Waals surface area contributed by atoms with E-state index in [1.54, 1.807) is 0 Å². The summed E-state index contributed by atoms with van der Waals surface area (Å²) in [5, 5.41) is 8.91. The van der Waals surface area contributed by atoms with Crippen LogP contribution in [0.1, 0.15) is 47.5 Å². The number of amides is 1. The van der Waals surface area contributed by atoms with Crippen LogP contribution in [0.4, 0.5) is 0 Å². The standard InChI is InChI=1S/C21H24N4O/c26-21(10-9-20-15-6-2-4-8-19(15)23-24-20)25-12-11-18-16(13-25)14-5-1-3-7-17(14)22-18/h1,3,5,7,22H,2,4,6,8-13H2,(H,23,24). The highest BCUT2D eigenvalue weighted by Gasteiger charge is 2.24. The molecule has 0 saturated heterocycles. The molecule has 3 aromatic rings. The van der Waals surface area contributed by atoms with Crippen molar-refractivity contribution < 1.29 is 4.79 Å². The lowest BCUT2D eigenvalue weighted by Gasteiger charge is -2.27. The van der Waals surface area contributed by atoms with Crippen LogP contribution in [0.25, 0.3) is 10.9 Å². The second kappa shape index (κ2) is 6.31. The summed E-state index contributed by atoms with van der Waals surface area (Å²) in [5.41, 5.74) is 7.53. The summed E-state index contributed by atoms with van der Waals surface area (Å²) in [7, 11) is 0. The summed E-state index contributed by atoms with van der Waals surface area (Å²) in [6.07, 6.45) is 6.91. The Labute approximate surface area is 152 Å². The van der Waals surface area contributed by atoms with Crippen molar-refractivity contribution in [2.75, 3.05) is 6.54 Å². The Morgan fingerprint density at radius 3 is 2.92 bits per heavy atom. The first kappa shape index (κ1) is 15.7. The lowest BCUT2D eigenvalue weighted by atomic mass is 9.94. The highest BCUT2D eigenvalue weighted by atomic mass is 16.2. The van der Waals surface area contributed by atoms with E-state index < -0.39 is 0 Å². The average Bonchev–Trinajstić information content (AvgIpc) is 3.27. The predicted octanol–water partition coefficient (Wildman–Crippen LogP) is 3.29. The van der Waals surface area contributed by atoms with Gasteiger partial charge in [-0.25, -0.2) is 0 Å². The van der Waals surface area contributed by atoms with Gasteiger partial charge in [0.05, 0.1) is 5.69 Å². The first-order chi connectivity index (χ1) is 12.8. The Balaban J connectivity index is 1.29. The highest BCUT2D eigenvalue weighted by Crippen LogP contribution is 2.28.